The third-order valence-electron chi connectivity index (χ3n) is 4.55. The molecule has 0 aliphatic heterocycles. The van der Waals surface area contributed by atoms with E-state index in [1.165, 1.54) is 6.07 Å². The zero-order valence-corrected chi connectivity index (χ0v) is 17.5. The molecular weight excluding hydrogens is 382 g/mol. The van der Waals surface area contributed by atoms with Crippen molar-refractivity contribution in [2.75, 3.05) is 13.2 Å². The maximum Gasteiger partial charge on any atom is 0.184 e. The third kappa shape index (κ3) is 6.37. The van der Waals surface area contributed by atoms with E-state index in [1.807, 2.05) is 0 Å². The molecule has 2 nitrogen and oxygen atoms in total. The molecule has 154 valence electrons. The van der Waals surface area contributed by atoms with E-state index in [1.54, 1.807) is 24.3 Å². The van der Waals surface area contributed by atoms with Crippen LogP contribution in [0.4, 0.5) is 8.78 Å². The predicted octanol–water partition coefficient (Wildman–Crippen LogP) is 7.81. The first-order chi connectivity index (χ1) is 13.6. The van der Waals surface area contributed by atoms with E-state index in [4.69, 9.17) is 21.1 Å². The molecule has 0 heterocycles. The lowest BCUT2D eigenvalue weighted by Gasteiger charge is -2.12. The minimum Gasteiger partial charge on any atom is -0.491 e. The molecule has 0 aliphatic carbocycles. The van der Waals surface area contributed by atoms with E-state index in [0.717, 1.165) is 44.9 Å². The second kappa shape index (κ2) is 11.9. The molecule has 0 saturated carbocycles. The molecule has 0 unspecified atom stereocenters. The Morgan fingerprint density at radius 3 is 2.07 bits per heavy atom. The molecule has 0 saturated heterocycles. The quantitative estimate of drug-likeness (QED) is 0.332. The highest BCUT2D eigenvalue weighted by molar-refractivity contribution is 6.33. The first-order valence-corrected chi connectivity index (χ1v) is 10.5. The molecule has 2 rings (SSSR count). The van der Waals surface area contributed by atoms with Crippen LogP contribution in [0.3, 0.4) is 0 Å². The zero-order valence-electron chi connectivity index (χ0n) is 16.7. The SMILES string of the molecule is CCCCCCOc1ccc(-c2ccc(OCCCCC)c(F)c2)c(Cl)c1F. The molecule has 0 spiro atoms. The molecule has 0 N–H and O–H groups in total. The minimum atomic E-state index is -0.616. The van der Waals surface area contributed by atoms with Gasteiger partial charge in [-0.2, -0.15) is 0 Å². The van der Waals surface area contributed by atoms with Gasteiger partial charge >= 0.3 is 0 Å². The number of halogens is 3. The van der Waals surface area contributed by atoms with Crippen LogP contribution in [0.2, 0.25) is 5.02 Å². The summed E-state index contributed by atoms with van der Waals surface area (Å²) >= 11 is 6.20. The van der Waals surface area contributed by atoms with Gasteiger partial charge in [0.25, 0.3) is 0 Å². The molecule has 28 heavy (non-hydrogen) atoms. The second-order valence-corrected chi connectivity index (χ2v) is 7.23. The van der Waals surface area contributed by atoms with Crippen molar-refractivity contribution < 1.29 is 18.3 Å². The van der Waals surface area contributed by atoms with Gasteiger partial charge in [0.2, 0.25) is 0 Å². The van der Waals surface area contributed by atoms with Crippen LogP contribution < -0.4 is 9.47 Å². The van der Waals surface area contributed by atoms with Gasteiger partial charge in [0, 0.05) is 5.56 Å². The number of hydrogen-bond acceptors (Lipinski definition) is 2. The van der Waals surface area contributed by atoms with Crippen LogP contribution in [0.25, 0.3) is 11.1 Å². The lowest BCUT2D eigenvalue weighted by atomic mass is 10.0. The fraction of sp³-hybridized carbons (Fsp3) is 0.478. The number of rotatable bonds is 12. The Morgan fingerprint density at radius 1 is 0.786 bits per heavy atom. The van der Waals surface area contributed by atoms with E-state index in [2.05, 4.69) is 13.8 Å². The molecule has 0 fully saturated rings. The van der Waals surface area contributed by atoms with Crippen LogP contribution in [0.5, 0.6) is 11.5 Å². The van der Waals surface area contributed by atoms with Crippen LogP contribution >= 0.6 is 11.6 Å². The van der Waals surface area contributed by atoms with Crippen LogP contribution in [0.1, 0.15) is 58.8 Å². The molecule has 0 aliphatic rings. The standard InChI is InChI=1S/C23H29ClF2O2/c1-3-5-7-9-15-28-21-13-11-18(22(24)23(21)26)17-10-12-20(19(25)16-17)27-14-8-6-4-2/h10-13,16H,3-9,14-15H2,1-2H3. The summed E-state index contributed by atoms with van der Waals surface area (Å²) < 4.78 is 39.9. The van der Waals surface area contributed by atoms with Gasteiger partial charge in [0.15, 0.2) is 23.1 Å². The Kier molecular flexibility index (Phi) is 9.56. The third-order valence-corrected chi connectivity index (χ3v) is 4.92. The molecule has 0 aromatic heterocycles. The Hall–Kier alpha value is -1.81. The Morgan fingerprint density at radius 2 is 1.39 bits per heavy atom. The van der Waals surface area contributed by atoms with Crippen molar-refractivity contribution in [2.45, 2.75) is 58.8 Å². The highest BCUT2D eigenvalue weighted by Crippen LogP contribution is 2.36. The number of unbranched alkanes of at least 4 members (excludes halogenated alkanes) is 5. The first kappa shape index (κ1) is 22.5. The van der Waals surface area contributed by atoms with Gasteiger partial charge < -0.3 is 9.47 Å². The summed E-state index contributed by atoms with van der Waals surface area (Å²) in [6.45, 7) is 5.16. The Balaban J connectivity index is 2.06. The van der Waals surface area contributed by atoms with E-state index >= 15 is 0 Å². The van der Waals surface area contributed by atoms with Gasteiger partial charge in [0.1, 0.15) is 0 Å². The molecule has 0 bridgehead atoms. The molecular formula is C23H29ClF2O2. The van der Waals surface area contributed by atoms with Crippen molar-refractivity contribution in [3.63, 3.8) is 0 Å². The Bertz CT molecular complexity index is 750. The monoisotopic (exact) mass is 410 g/mol. The average Bonchev–Trinajstić information content (AvgIpc) is 2.69. The molecule has 2 aromatic rings. The number of ether oxygens (including phenoxy) is 2. The van der Waals surface area contributed by atoms with Gasteiger partial charge in [-0.15, -0.1) is 0 Å². The summed E-state index contributed by atoms with van der Waals surface area (Å²) in [5.74, 6) is -0.776. The fourth-order valence-electron chi connectivity index (χ4n) is 2.90. The smallest absolute Gasteiger partial charge is 0.184 e. The summed E-state index contributed by atoms with van der Waals surface area (Å²) in [6, 6.07) is 7.76. The summed E-state index contributed by atoms with van der Waals surface area (Å²) in [7, 11) is 0. The molecule has 0 radical (unpaired) electrons. The van der Waals surface area contributed by atoms with Crippen molar-refractivity contribution in [3.05, 3.63) is 47.0 Å². The zero-order chi connectivity index (χ0) is 20.4. The fourth-order valence-corrected chi connectivity index (χ4v) is 3.16. The van der Waals surface area contributed by atoms with Gasteiger partial charge in [-0.1, -0.05) is 63.6 Å². The van der Waals surface area contributed by atoms with E-state index in [9.17, 15) is 8.78 Å². The van der Waals surface area contributed by atoms with Crippen molar-refractivity contribution >= 4 is 11.6 Å². The first-order valence-electron chi connectivity index (χ1n) is 10.1. The molecule has 5 heteroatoms. The van der Waals surface area contributed by atoms with Gasteiger partial charge in [-0.05, 0) is 42.7 Å². The van der Waals surface area contributed by atoms with E-state index in [0.29, 0.717) is 24.3 Å². The lowest BCUT2D eigenvalue weighted by molar-refractivity contribution is 0.290. The van der Waals surface area contributed by atoms with Crippen molar-refractivity contribution in [1.29, 1.82) is 0 Å². The topological polar surface area (TPSA) is 18.5 Å². The number of hydrogen-bond donors (Lipinski definition) is 0. The number of benzene rings is 2. The Labute approximate surface area is 171 Å². The van der Waals surface area contributed by atoms with E-state index < -0.39 is 11.6 Å². The van der Waals surface area contributed by atoms with Crippen LogP contribution in [-0.2, 0) is 0 Å². The summed E-state index contributed by atoms with van der Waals surface area (Å²) in [6.07, 6.45) is 7.20. The molecule has 0 amide bonds. The van der Waals surface area contributed by atoms with Crippen LogP contribution in [0, 0.1) is 11.6 Å². The van der Waals surface area contributed by atoms with Gasteiger partial charge in [-0.3, -0.25) is 0 Å². The van der Waals surface area contributed by atoms with Crippen molar-refractivity contribution in [1.82, 2.24) is 0 Å². The molecule has 2 aromatic carbocycles. The minimum absolute atomic E-state index is 0.0675. The van der Waals surface area contributed by atoms with Crippen molar-refractivity contribution in [3.8, 4) is 22.6 Å². The van der Waals surface area contributed by atoms with Gasteiger partial charge in [0.05, 0.1) is 18.2 Å². The van der Waals surface area contributed by atoms with Crippen LogP contribution in [0.15, 0.2) is 30.3 Å². The second-order valence-electron chi connectivity index (χ2n) is 6.85. The normalized spacial score (nSPS) is 10.9. The maximum absolute atomic E-state index is 14.6. The largest absolute Gasteiger partial charge is 0.491 e. The predicted molar refractivity (Wildman–Crippen MR) is 111 cm³/mol. The highest BCUT2D eigenvalue weighted by atomic mass is 35.5. The summed E-state index contributed by atoms with van der Waals surface area (Å²) in [5, 5.41) is -0.0675. The van der Waals surface area contributed by atoms with Crippen molar-refractivity contribution in [2.24, 2.45) is 0 Å². The van der Waals surface area contributed by atoms with Gasteiger partial charge in [-0.25, -0.2) is 8.78 Å². The average molecular weight is 411 g/mol. The molecule has 0 atom stereocenters. The van der Waals surface area contributed by atoms with Crippen LogP contribution in [-0.4, -0.2) is 13.2 Å². The maximum atomic E-state index is 14.6. The lowest BCUT2D eigenvalue weighted by Crippen LogP contribution is -2.01. The summed E-state index contributed by atoms with van der Waals surface area (Å²) in [4.78, 5) is 0. The summed E-state index contributed by atoms with van der Waals surface area (Å²) in [5.41, 5.74) is 0.922. The van der Waals surface area contributed by atoms with E-state index in [-0.39, 0.29) is 16.5 Å². The highest BCUT2D eigenvalue weighted by Gasteiger charge is 2.15.